The van der Waals surface area contributed by atoms with Crippen LogP contribution in [0.3, 0.4) is 0 Å². The van der Waals surface area contributed by atoms with Crippen molar-refractivity contribution in [2.75, 3.05) is 6.54 Å². The molecule has 3 aromatic rings. The lowest BCUT2D eigenvalue weighted by Crippen LogP contribution is -2.26. The summed E-state index contributed by atoms with van der Waals surface area (Å²) in [5.41, 5.74) is 7.63. The van der Waals surface area contributed by atoms with Gasteiger partial charge < -0.3 is 5.32 Å². The van der Waals surface area contributed by atoms with E-state index in [1.807, 2.05) is 25.1 Å². The van der Waals surface area contributed by atoms with Crippen LogP contribution < -0.4 is 15.8 Å². The number of nitrogens with one attached hydrogen (secondary N) is 1. The van der Waals surface area contributed by atoms with E-state index in [0.717, 1.165) is 69.3 Å². The zero-order chi connectivity index (χ0) is 22.1. The third-order valence-corrected chi connectivity index (χ3v) is 5.98. The van der Waals surface area contributed by atoms with Crippen LogP contribution in [-0.4, -0.2) is 6.54 Å². The van der Waals surface area contributed by atoms with Gasteiger partial charge in [-0.25, -0.2) is 8.78 Å². The Hall–Kier alpha value is -3.20. The molecule has 4 rings (SSSR count). The molecule has 0 bridgehead atoms. The number of benzene rings is 3. The lowest BCUT2D eigenvalue weighted by Gasteiger charge is -2.23. The van der Waals surface area contributed by atoms with E-state index in [0.29, 0.717) is 11.6 Å². The lowest BCUT2D eigenvalue weighted by atomic mass is 9.81. The van der Waals surface area contributed by atoms with Crippen molar-refractivity contribution in [1.29, 1.82) is 0 Å². The molecule has 0 atom stereocenters. The molecule has 1 aliphatic carbocycles. The summed E-state index contributed by atoms with van der Waals surface area (Å²) >= 11 is 0. The van der Waals surface area contributed by atoms with Crippen LogP contribution in [0.25, 0.3) is 17.8 Å². The number of halogens is 2. The fourth-order valence-corrected chi connectivity index (χ4v) is 4.27. The van der Waals surface area contributed by atoms with E-state index in [1.54, 1.807) is 18.2 Å². The second-order valence-corrected chi connectivity index (χ2v) is 8.24. The standard InChI is InChI=1S/C28H27F2N/c1-5-6-11-31-19(4)20-8-10-24(17(2)12-20)28-25-15-23(29)9-7-21(25)14-22-13-18(3)27(30)16-26(22)28/h7-10,12-13,15-16,31H,3-6,11,14H2,1-2H3. The molecular weight excluding hydrogens is 388 g/mol. The van der Waals surface area contributed by atoms with Crippen LogP contribution in [0.5, 0.6) is 0 Å². The summed E-state index contributed by atoms with van der Waals surface area (Å²) in [5, 5.41) is 4.56. The molecule has 0 heterocycles. The SMILES string of the molecule is C=C(NCCCC)c1ccc(C2=c3cc(F)c(=C)cc3Cc3ccc(F)cc32)c(C)c1. The van der Waals surface area contributed by atoms with Crippen molar-refractivity contribution in [1.82, 2.24) is 5.32 Å². The van der Waals surface area contributed by atoms with Crippen LogP contribution in [0, 0.1) is 18.6 Å². The highest BCUT2D eigenvalue weighted by molar-refractivity contribution is 5.85. The first-order chi connectivity index (χ1) is 14.9. The largest absolute Gasteiger partial charge is 0.385 e. The van der Waals surface area contributed by atoms with Gasteiger partial charge in [-0.05, 0) is 94.3 Å². The highest BCUT2D eigenvalue weighted by atomic mass is 19.1. The zero-order valence-corrected chi connectivity index (χ0v) is 18.1. The van der Waals surface area contributed by atoms with E-state index in [4.69, 9.17) is 0 Å². The summed E-state index contributed by atoms with van der Waals surface area (Å²) in [6.07, 6.45) is 2.84. The molecule has 0 aliphatic heterocycles. The van der Waals surface area contributed by atoms with Gasteiger partial charge in [-0.15, -0.1) is 0 Å². The molecule has 0 unspecified atom stereocenters. The summed E-state index contributed by atoms with van der Waals surface area (Å²) in [5.74, 6) is -0.643. The average Bonchev–Trinajstić information content (AvgIpc) is 2.74. The molecular formula is C28H27F2N. The van der Waals surface area contributed by atoms with Crippen LogP contribution in [0.4, 0.5) is 8.78 Å². The highest BCUT2D eigenvalue weighted by Crippen LogP contribution is 2.32. The fourth-order valence-electron chi connectivity index (χ4n) is 4.27. The van der Waals surface area contributed by atoms with E-state index in [9.17, 15) is 8.78 Å². The first kappa shape index (κ1) is 21.0. The third kappa shape index (κ3) is 4.05. The molecule has 158 valence electrons. The van der Waals surface area contributed by atoms with Gasteiger partial charge in [0.2, 0.25) is 0 Å². The molecule has 0 amide bonds. The van der Waals surface area contributed by atoms with Gasteiger partial charge in [0.1, 0.15) is 11.6 Å². The predicted molar refractivity (Wildman–Crippen MR) is 125 cm³/mol. The zero-order valence-electron chi connectivity index (χ0n) is 18.1. The Kier molecular flexibility index (Phi) is 5.77. The third-order valence-electron chi connectivity index (χ3n) is 5.98. The molecule has 3 heteroatoms. The van der Waals surface area contributed by atoms with Crippen molar-refractivity contribution >= 4 is 17.8 Å². The van der Waals surface area contributed by atoms with E-state index < -0.39 is 0 Å². The molecule has 1 aliphatic rings. The maximum Gasteiger partial charge on any atom is 0.130 e. The smallest absolute Gasteiger partial charge is 0.130 e. The van der Waals surface area contributed by atoms with Crippen molar-refractivity contribution in [3.05, 3.63) is 111 Å². The number of rotatable bonds is 6. The molecule has 31 heavy (non-hydrogen) atoms. The van der Waals surface area contributed by atoms with Gasteiger partial charge in [0.25, 0.3) is 0 Å². The Morgan fingerprint density at radius 3 is 2.55 bits per heavy atom. The summed E-state index contributed by atoms with van der Waals surface area (Å²) in [4.78, 5) is 0. The Labute approximate surface area is 182 Å². The highest BCUT2D eigenvalue weighted by Gasteiger charge is 2.21. The van der Waals surface area contributed by atoms with Gasteiger partial charge in [-0.2, -0.15) is 0 Å². The van der Waals surface area contributed by atoms with Crippen molar-refractivity contribution in [2.45, 2.75) is 33.1 Å². The number of hydrogen-bond donors (Lipinski definition) is 1. The quantitative estimate of drug-likeness (QED) is 0.427. The Morgan fingerprint density at radius 1 is 1.00 bits per heavy atom. The number of hydrogen-bond acceptors (Lipinski definition) is 1. The predicted octanol–water partition coefficient (Wildman–Crippen LogP) is 5.20. The number of fused-ring (bicyclic) bond motifs is 2. The van der Waals surface area contributed by atoms with Crippen LogP contribution in [0.2, 0.25) is 0 Å². The van der Waals surface area contributed by atoms with Gasteiger partial charge in [0, 0.05) is 17.5 Å². The van der Waals surface area contributed by atoms with Gasteiger partial charge in [-0.3, -0.25) is 0 Å². The van der Waals surface area contributed by atoms with Crippen molar-refractivity contribution < 1.29 is 8.78 Å². The van der Waals surface area contributed by atoms with Gasteiger partial charge in [0.15, 0.2) is 0 Å². The second kappa shape index (κ2) is 8.50. The molecule has 0 spiro atoms. The minimum Gasteiger partial charge on any atom is -0.385 e. The summed E-state index contributed by atoms with van der Waals surface area (Å²) in [7, 11) is 0. The number of unbranched alkanes of at least 4 members (excludes halogenated alkanes) is 1. The Morgan fingerprint density at radius 2 is 1.81 bits per heavy atom. The number of aryl methyl sites for hydroxylation is 1. The molecule has 1 nitrogen and oxygen atoms in total. The van der Waals surface area contributed by atoms with Crippen molar-refractivity contribution in [2.24, 2.45) is 0 Å². The maximum absolute atomic E-state index is 14.5. The first-order valence-corrected chi connectivity index (χ1v) is 10.7. The molecule has 0 saturated heterocycles. The van der Waals surface area contributed by atoms with E-state index in [-0.39, 0.29) is 11.6 Å². The molecule has 0 fully saturated rings. The molecule has 3 aromatic carbocycles. The molecule has 0 radical (unpaired) electrons. The van der Waals surface area contributed by atoms with Gasteiger partial charge in [0.05, 0.1) is 0 Å². The Balaban J connectivity index is 1.89. The lowest BCUT2D eigenvalue weighted by molar-refractivity contribution is 0.617. The monoisotopic (exact) mass is 415 g/mol. The second-order valence-electron chi connectivity index (χ2n) is 8.24. The van der Waals surface area contributed by atoms with Crippen LogP contribution in [0.15, 0.2) is 55.1 Å². The average molecular weight is 416 g/mol. The summed E-state index contributed by atoms with van der Waals surface area (Å²) < 4.78 is 28.7. The minimum absolute atomic E-state index is 0.295. The molecule has 1 N–H and O–H groups in total. The van der Waals surface area contributed by atoms with Gasteiger partial charge in [-0.1, -0.05) is 44.7 Å². The fraction of sp³-hybridized carbons (Fsp3) is 0.214. The van der Waals surface area contributed by atoms with E-state index >= 15 is 0 Å². The summed E-state index contributed by atoms with van der Waals surface area (Å²) in [6, 6.07) is 14.4. The van der Waals surface area contributed by atoms with Crippen LogP contribution >= 0.6 is 0 Å². The van der Waals surface area contributed by atoms with E-state index in [2.05, 4.69) is 31.5 Å². The topological polar surface area (TPSA) is 12.0 Å². The molecule has 0 saturated carbocycles. The maximum atomic E-state index is 14.5. The van der Waals surface area contributed by atoms with E-state index in [1.165, 1.54) is 6.07 Å². The normalized spacial score (nSPS) is 12.3. The van der Waals surface area contributed by atoms with Crippen molar-refractivity contribution in [3.63, 3.8) is 0 Å². The molecule has 0 aromatic heterocycles. The van der Waals surface area contributed by atoms with Crippen LogP contribution in [-0.2, 0) is 6.42 Å². The van der Waals surface area contributed by atoms with Crippen molar-refractivity contribution in [3.8, 4) is 0 Å². The van der Waals surface area contributed by atoms with Crippen LogP contribution in [0.1, 0.15) is 53.1 Å². The van der Waals surface area contributed by atoms with Gasteiger partial charge >= 0.3 is 0 Å². The first-order valence-electron chi connectivity index (χ1n) is 10.7. The Bertz CT molecular complexity index is 1290. The summed E-state index contributed by atoms with van der Waals surface area (Å²) in [6.45, 7) is 13.1. The minimum atomic E-state index is -0.348.